The van der Waals surface area contributed by atoms with Gasteiger partial charge in [0.1, 0.15) is 54.1 Å². The molecule has 0 radical (unpaired) electrons. The van der Waals surface area contributed by atoms with Crippen LogP contribution < -0.4 is 62.4 Å². The third-order valence-electron chi connectivity index (χ3n) is 17.8. The van der Waals surface area contributed by atoms with Crippen molar-refractivity contribution in [3.8, 4) is 33.4 Å². The fraction of sp³-hybridized carbons (Fsp3) is 0.149. The molecule has 0 saturated heterocycles. The summed E-state index contributed by atoms with van der Waals surface area (Å²) >= 11 is 0. The molecule has 0 fully saturated rings. The maximum atomic E-state index is 6.13. The van der Waals surface area contributed by atoms with Crippen molar-refractivity contribution in [1.82, 2.24) is 14.4 Å². The predicted molar refractivity (Wildman–Crippen MR) is 355 cm³/mol. The van der Waals surface area contributed by atoms with Gasteiger partial charge in [0.25, 0.3) is 0 Å². The summed E-state index contributed by atoms with van der Waals surface area (Å²) in [7, 11) is 12.8. The van der Waals surface area contributed by atoms with Gasteiger partial charge in [0.2, 0.25) is 0 Å². The maximum Gasteiger partial charge on any atom is 0.399 e. The first-order valence-electron chi connectivity index (χ1n) is 29.6. The molecule has 12 heteroatoms. The van der Waals surface area contributed by atoms with Gasteiger partial charge in [0.05, 0.1) is 0 Å². The number of furan rings is 3. The Hall–Kier alpha value is -9.80. The van der Waals surface area contributed by atoms with Crippen molar-refractivity contribution in [2.24, 2.45) is 21.1 Å². The second kappa shape index (κ2) is 22.7. The van der Waals surface area contributed by atoms with Crippen molar-refractivity contribution in [1.29, 1.82) is 0 Å². The van der Waals surface area contributed by atoms with Gasteiger partial charge in [-0.1, -0.05) is 162 Å². The summed E-state index contributed by atoms with van der Waals surface area (Å²) in [5.74, 6) is 0. The van der Waals surface area contributed by atoms with Gasteiger partial charge in [0, 0.05) is 85.8 Å². The smallest absolute Gasteiger partial charge is 0.399 e. The van der Waals surface area contributed by atoms with E-state index in [1.165, 1.54) is 110 Å². The SMILES string of the molecule is CC1=c2c(oc3ccccc23)=CN(C)B1c1cc(-c2ccccc2)c(C)c[n+]1C.CC1=c2c(oc3ccccc23)=CN(C)B1c1cc(-c2ccccc2)cc[n+]1C.CC1=c2c(oc3ccccc23)=CN(C)B1c1cc(C)c(-c2ccccc2)c[n+]1C. The highest BCUT2D eigenvalue weighted by atomic mass is 16.3. The average Bonchev–Trinajstić information content (AvgIpc) is 1.65. The van der Waals surface area contributed by atoms with Crippen molar-refractivity contribution >= 4 is 105 Å². The highest BCUT2D eigenvalue weighted by Crippen LogP contribution is 2.25. The third-order valence-corrected chi connectivity index (χ3v) is 17.8. The van der Waals surface area contributed by atoms with Gasteiger partial charge >= 0.3 is 20.5 Å². The van der Waals surface area contributed by atoms with Crippen LogP contribution in [0.4, 0.5) is 0 Å². The van der Waals surface area contributed by atoms with Crippen LogP contribution in [-0.4, -0.2) is 56.1 Å². The van der Waals surface area contributed by atoms with Crippen LogP contribution in [0.3, 0.4) is 0 Å². The molecule has 9 nitrogen and oxygen atoms in total. The Morgan fingerprint density at radius 1 is 0.337 bits per heavy atom. The molecule has 0 saturated carbocycles. The van der Waals surface area contributed by atoms with E-state index >= 15 is 0 Å². The standard InChI is InChI=1S/2C25H24BN2O.C24H22BN2O/c1-17-15-27(3)24(14-21(17)19-10-6-5-7-11-19)26-18(2)25-20-12-8-9-13-22(20)29-23(25)16-28(26)4;1-17-14-24(27(3)15-21(17)19-10-6-5-7-11-19)26-18(2)25-20-12-8-9-13-22(20)29-23(25)16-28(26)4;1-17-24-20-11-7-8-12-21(20)28-22(24)16-27(3)25(17)23-15-19(13-14-26(23)2)18-9-5-4-6-10-18/h2*5-16H,1-4H3;4-16H,1-3H3/q3*+1. The summed E-state index contributed by atoms with van der Waals surface area (Å²) in [6.45, 7) is 11.5. The maximum absolute atomic E-state index is 6.13. The first-order valence-corrected chi connectivity index (χ1v) is 29.6. The van der Waals surface area contributed by atoms with Gasteiger partial charge in [0.15, 0.2) is 35.4 Å². The molecule has 0 atom stereocenters. The molecule has 6 aromatic heterocycles. The highest BCUT2D eigenvalue weighted by Gasteiger charge is 2.39. The molecule has 0 bridgehead atoms. The normalized spacial score (nSPS) is 13.6. The molecule has 0 spiro atoms. The first-order chi connectivity index (χ1) is 41.7. The molecule has 86 heavy (non-hydrogen) atoms. The number of rotatable bonds is 6. The number of hydrogen-bond donors (Lipinski definition) is 0. The van der Waals surface area contributed by atoms with Gasteiger partial charge in [-0.15, -0.1) is 0 Å². The molecule has 3 aliphatic heterocycles. The largest absolute Gasteiger partial charge is 0.455 e. The van der Waals surface area contributed by atoms with Gasteiger partial charge in [-0.05, 0) is 107 Å². The van der Waals surface area contributed by atoms with Crippen LogP contribution in [0, 0.1) is 13.8 Å². The highest BCUT2D eigenvalue weighted by molar-refractivity contribution is 6.87. The molecule has 15 rings (SSSR count). The summed E-state index contributed by atoms with van der Waals surface area (Å²) in [6, 6.07) is 65.8. The summed E-state index contributed by atoms with van der Waals surface area (Å²) in [5, 5.41) is 7.25. The Morgan fingerprint density at radius 2 is 0.698 bits per heavy atom. The molecule has 12 aromatic rings. The topological polar surface area (TPSA) is 60.8 Å². The summed E-state index contributed by atoms with van der Waals surface area (Å²) in [6.07, 6.45) is 13.0. The van der Waals surface area contributed by atoms with Crippen molar-refractivity contribution in [3.63, 3.8) is 0 Å². The summed E-state index contributed by atoms with van der Waals surface area (Å²) in [5.41, 5.74) is 23.5. The zero-order valence-electron chi connectivity index (χ0n) is 51.0. The number of nitrogens with zero attached hydrogens (tertiary/aromatic N) is 6. The minimum absolute atomic E-state index is 0.150. The minimum atomic E-state index is 0.150. The quantitative estimate of drug-likeness (QED) is 0.129. The monoisotopic (exact) mass is 1120 g/mol. The van der Waals surface area contributed by atoms with E-state index in [-0.39, 0.29) is 20.5 Å². The average molecular weight is 1120 g/mol. The molecule has 0 unspecified atom stereocenters. The van der Waals surface area contributed by atoms with Crippen molar-refractivity contribution < 1.29 is 27.0 Å². The van der Waals surface area contributed by atoms with Crippen LogP contribution in [0.15, 0.2) is 220 Å². The Labute approximate surface area is 503 Å². The number of aromatic nitrogens is 3. The first kappa shape index (κ1) is 55.4. The molecular formula is C74H70B3N6O3+3. The third kappa shape index (κ3) is 9.92. The number of benzene rings is 6. The lowest BCUT2D eigenvalue weighted by Gasteiger charge is -2.25. The number of fused-ring (bicyclic) bond motifs is 9. The molecule has 6 aromatic carbocycles. The lowest BCUT2D eigenvalue weighted by atomic mass is 9.49. The fourth-order valence-corrected chi connectivity index (χ4v) is 13.7. The Kier molecular flexibility index (Phi) is 14.6. The molecule has 3 aliphatic rings. The van der Waals surface area contributed by atoms with E-state index in [2.05, 4.69) is 294 Å². The summed E-state index contributed by atoms with van der Waals surface area (Å²) in [4.78, 5) is 6.78. The van der Waals surface area contributed by atoms with E-state index in [0.29, 0.717) is 0 Å². The van der Waals surface area contributed by atoms with Crippen molar-refractivity contribution in [2.45, 2.75) is 34.6 Å². The zero-order chi connectivity index (χ0) is 59.5. The van der Waals surface area contributed by atoms with E-state index in [9.17, 15) is 0 Å². The Morgan fingerprint density at radius 3 is 1.14 bits per heavy atom. The molecule has 0 aliphatic carbocycles. The second-order valence-electron chi connectivity index (χ2n) is 23.5. The van der Waals surface area contributed by atoms with Gasteiger partial charge in [-0.25, -0.2) is 13.7 Å². The zero-order valence-corrected chi connectivity index (χ0v) is 51.0. The van der Waals surface area contributed by atoms with E-state index < -0.39 is 0 Å². The number of aryl methyl sites for hydroxylation is 5. The lowest BCUT2D eigenvalue weighted by molar-refractivity contribution is -0.654. The Bertz CT molecular complexity index is 5020. The summed E-state index contributed by atoms with van der Waals surface area (Å²) < 4.78 is 25.1. The van der Waals surface area contributed by atoms with Crippen LogP contribution >= 0.6 is 0 Å². The van der Waals surface area contributed by atoms with Crippen molar-refractivity contribution in [3.05, 3.63) is 250 Å². The number of hydrogen-bond acceptors (Lipinski definition) is 6. The fourth-order valence-electron chi connectivity index (χ4n) is 13.7. The number of para-hydroxylation sites is 3. The molecule has 0 N–H and O–H groups in total. The van der Waals surface area contributed by atoms with Gasteiger partial charge in [-0.3, -0.25) is 0 Å². The molecular weight excluding hydrogens is 1050 g/mol. The number of pyridine rings is 3. The van der Waals surface area contributed by atoms with Crippen LogP contribution in [0.2, 0.25) is 0 Å². The van der Waals surface area contributed by atoms with Gasteiger partial charge < -0.3 is 27.7 Å². The van der Waals surface area contributed by atoms with Crippen LogP contribution in [0.25, 0.3) is 101 Å². The van der Waals surface area contributed by atoms with Gasteiger partial charge in [-0.2, -0.15) is 0 Å². The van der Waals surface area contributed by atoms with Crippen LogP contribution in [0.5, 0.6) is 0 Å². The molecule has 0 amide bonds. The molecule has 420 valence electrons. The minimum Gasteiger partial charge on any atom is -0.455 e. The predicted octanol–water partition coefficient (Wildman–Crippen LogP) is 7.27. The second-order valence-corrected chi connectivity index (χ2v) is 23.5. The Balaban J connectivity index is 0.000000120. The van der Waals surface area contributed by atoms with E-state index in [4.69, 9.17) is 13.3 Å². The van der Waals surface area contributed by atoms with Crippen LogP contribution in [0.1, 0.15) is 31.9 Å². The molecule has 9 heterocycles. The van der Waals surface area contributed by atoms with Crippen molar-refractivity contribution in [2.75, 3.05) is 21.1 Å². The van der Waals surface area contributed by atoms with E-state index in [1.807, 2.05) is 36.4 Å². The van der Waals surface area contributed by atoms with E-state index in [1.54, 1.807) is 0 Å². The van der Waals surface area contributed by atoms with Crippen LogP contribution in [-0.2, 0) is 21.1 Å². The lowest BCUT2D eigenvalue weighted by Crippen LogP contribution is -2.62. The van der Waals surface area contributed by atoms with E-state index in [0.717, 1.165) is 33.0 Å².